The second-order valence-corrected chi connectivity index (χ2v) is 4.04. The number of nitrogens with zero attached hydrogens (tertiary/aromatic N) is 2. The smallest absolute Gasteiger partial charge is 0.218 e. The van der Waals surface area contributed by atoms with E-state index >= 15 is 0 Å². The molecule has 0 aliphatic rings. The van der Waals surface area contributed by atoms with E-state index in [1.54, 1.807) is 6.08 Å². The predicted molar refractivity (Wildman–Crippen MR) is 76.5 cm³/mol. The molecule has 0 atom stereocenters. The first-order valence-corrected chi connectivity index (χ1v) is 6.02. The Bertz CT molecular complexity index is 676. The summed E-state index contributed by atoms with van der Waals surface area (Å²) < 4.78 is 0. The molecule has 0 saturated heterocycles. The second kappa shape index (κ2) is 5.61. The van der Waals surface area contributed by atoms with Crippen LogP contribution >= 0.6 is 11.6 Å². The van der Waals surface area contributed by atoms with Crippen LogP contribution in [-0.4, -0.2) is 9.97 Å². The lowest BCUT2D eigenvalue weighted by Crippen LogP contribution is -2.31. The van der Waals surface area contributed by atoms with Gasteiger partial charge < -0.3 is 0 Å². The molecule has 0 N–H and O–H groups in total. The van der Waals surface area contributed by atoms with E-state index in [0.29, 0.717) is 0 Å². The average Bonchev–Trinajstić information content (AvgIpc) is 2.41. The number of rotatable bonds is 2. The van der Waals surface area contributed by atoms with Crippen LogP contribution in [-0.2, 0) is 0 Å². The lowest BCUT2D eigenvalue weighted by atomic mass is 10.1. The van der Waals surface area contributed by atoms with E-state index in [0.717, 1.165) is 21.8 Å². The van der Waals surface area contributed by atoms with E-state index in [-0.39, 0.29) is 5.28 Å². The molecule has 2 rings (SSSR count). The van der Waals surface area contributed by atoms with Crippen molar-refractivity contribution in [3.63, 3.8) is 0 Å². The van der Waals surface area contributed by atoms with Crippen LogP contribution in [0.5, 0.6) is 0 Å². The van der Waals surface area contributed by atoms with Gasteiger partial charge in [0.05, 0.1) is 11.0 Å². The zero-order valence-electron chi connectivity index (χ0n) is 10.1. The Morgan fingerprint density at radius 3 is 2.50 bits per heavy atom. The van der Waals surface area contributed by atoms with Gasteiger partial charge >= 0.3 is 0 Å². The van der Waals surface area contributed by atoms with Crippen LogP contribution in [0.4, 0.5) is 0 Å². The monoisotopic (exact) mass is 256 g/mol. The molecule has 90 valence electrons. The molecule has 0 aliphatic heterocycles. The van der Waals surface area contributed by atoms with Crippen LogP contribution in [0.2, 0.25) is 5.28 Å². The third-order valence-corrected chi connectivity index (χ3v) is 2.72. The van der Waals surface area contributed by atoms with Crippen molar-refractivity contribution in [1.29, 1.82) is 0 Å². The molecule has 2 nitrogen and oxygen atoms in total. The van der Waals surface area contributed by atoms with Crippen LogP contribution in [0.1, 0.15) is 6.92 Å². The first kappa shape index (κ1) is 12.5. The highest BCUT2D eigenvalue weighted by molar-refractivity contribution is 6.28. The summed E-state index contributed by atoms with van der Waals surface area (Å²) in [7, 11) is 0. The maximum Gasteiger partial charge on any atom is 0.223 e. The highest BCUT2D eigenvalue weighted by atomic mass is 35.5. The van der Waals surface area contributed by atoms with E-state index in [9.17, 15) is 0 Å². The molecule has 0 fully saturated rings. The van der Waals surface area contributed by atoms with Crippen LogP contribution < -0.4 is 10.6 Å². The summed E-state index contributed by atoms with van der Waals surface area (Å²) in [6.45, 7) is 5.66. The van der Waals surface area contributed by atoms with E-state index in [1.165, 1.54) is 0 Å². The van der Waals surface area contributed by atoms with Crippen molar-refractivity contribution < 1.29 is 0 Å². The molecule has 3 heteroatoms. The second-order valence-electron chi connectivity index (χ2n) is 3.70. The largest absolute Gasteiger partial charge is 0.223 e. The number of allylic oxidation sites excluding steroid dienone is 1. The number of aromatic nitrogens is 2. The van der Waals surface area contributed by atoms with Crippen LogP contribution in [0.25, 0.3) is 23.4 Å². The highest BCUT2D eigenvalue weighted by Gasteiger charge is 2.04. The molecule has 0 radical (unpaired) electrons. The summed E-state index contributed by atoms with van der Waals surface area (Å²) >= 11 is 5.97. The van der Waals surface area contributed by atoms with E-state index in [2.05, 4.69) is 16.5 Å². The summed E-state index contributed by atoms with van der Waals surface area (Å²) in [5, 5.41) is 2.00. The standard InChI is InChI=1S/C15H13ClN2/c1-3-8-12-13(4-2)17-15(16)18-14(12)11-9-6-5-7-10-11/h3-10H,1H2,2H3/b12-8+,13-4+. The van der Waals surface area contributed by atoms with Crippen molar-refractivity contribution in [2.45, 2.75) is 6.92 Å². The molecular formula is C15H13ClN2. The highest BCUT2D eigenvalue weighted by Crippen LogP contribution is 2.12. The molecule has 18 heavy (non-hydrogen) atoms. The molecule has 1 aromatic carbocycles. The van der Waals surface area contributed by atoms with Gasteiger partial charge in [0.15, 0.2) is 0 Å². The first-order valence-electron chi connectivity index (χ1n) is 5.64. The fourth-order valence-electron chi connectivity index (χ4n) is 1.78. The summed E-state index contributed by atoms with van der Waals surface area (Å²) in [4.78, 5) is 8.54. The lowest BCUT2D eigenvalue weighted by molar-refractivity contribution is 1.10. The van der Waals surface area contributed by atoms with Crippen molar-refractivity contribution >= 4 is 23.8 Å². The van der Waals surface area contributed by atoms with Crippen molar-refractivity contribution in [1.82, 2.24) is 9.97 Å². The van der Waals surface area contributed by atoms with Gasteiger partial charge in [0.1, 0.15) is 0 Å². The minimum absolute atomic E-state index is 0.253. The van der Waals surface area contributed by atoms with Crippen LogP contribution in [0.3, 0.4) is 0 Å². The minimum Gasteiger partial charge on any atom is -0.218 e. The van der Waals surface area contributed by atoms with Gasteiger partial charge in [-0.3, -0.25) is 0 Å². The van der Waals surface area contributed by atoms with Gasteiger partial charge in [-0.2, -0.15) is 0 Å². The molecular weight excluding hydrogens is 244 g/mol. The number of halogens is 1. The quantitative estimate of drug-likeness (QED) is 0.772. The summed E-state index contributed by atoms with van der Waals surface area (Å²) in [5.41, 5.74) is 1.83. The van der Waals surface area contributed by atoms with Crippen molar-refractivity contribution in [3.05, 3.63) is 58.8 Å². The fraction of sp³-hybridized carbons (Fsp3) is 0.0667. The molecule has 0 bridgehead atoms. The molecule has 0 aliphatic carbocycles. The van der Waals surface area contributed by atoms with Gasteiger partial charge in [-0.15, -0.1) is 0 Å². The zero-order valence-corrected chi connectivity index (χ0v) is 10.9. The van der Waals surface area contributed by atoms with Gasteiger partial charge in [0, 0.05) is 10.8 Å². The van der Waals surface area contributed by atoms with Gasteiger partial charge in [-0.1, -0.05) is 55.1 Å². The van der Waals surface area contributed by atoms with Crippen molar-refractivity contribution in [3.8, 4) is 11.3 Å². The topological polar surface area (TPSA) is 25.8 Å². The summed E-state index contributed by atoms with van der Waals surface area (Å²) in [6, 6.07) is 9.91. The Kier molecular flexibility index (Phi) is 3.90. The molecule has 0 amide bonds. The SMILES string of the molecule is C=C/C=c1/c(-c2ccccc2)nc(Cl)n/c1=C/C. The fourth-order valence-corrected chi connectivity index (χ4v) is 1.95. The number of benzene rings is 1. The Labute approximate surface area is 111 Å². The van der Waals surface area contributed by atoms with E-state index < -0.39 is 0 Å². The molecule has 2 aromatic rings. The molecule has 0 spiro atoms. The third-order valence-electron chi connectivity index (χ3n) is 2.55. The van der Waals surface area contributed by atoms with Gasteiger partial charge in [-0.25, -0.2) is 9.97 Å². The van der Waals surface area contributed by atoms with Crippen molar-refractivity contribution in [2.75, 3.05) is 0 Å². The van der Waals surface area contributed by atoms with Crippen LogP contribution in [0.15, 0.2) is 43.0 Å². The Morgan fingerprint density at radius 1 is 1.17 bits per heavy atom. The predicted octanol–water partition coefficient (Wildman–Crippen LogP) is 2.56. The number of hydrogen-bond donors (Lipinski definition) is 0. The summed E-state index contributed by atoms with van der Waals surface area (Å²) in [6.07, 6.45) is 5.54. The lowest BCUT2D eigenvalue weighted by Gasteiger charge is -2.03. The summed E-state index contributed by atoms with van der Waals surface area (Å²) in [5.74, 6) is 0. The first-order chi connectivity index (χ1) is 8.76. The molecule has 1 aromatic heterocycles. The van der Waals surface area contributed by atoms with Gasteiger partial charge in [-0.05, 0) is 18.5 Å². The Hall–Kier alpha value is -1.93. The van der Waals surface area contributed by atoms with Crippen LogP contribution in [0, 0.1) is 0 Å². The van der Waals surface area contributed by atoms with E-state index in [1.807, 2.05) is 49.4 Å². The molecule has 1 heterocycles. The van der Waals surface area contributed by atoms with E-state index in [4.69, 9.17) is 11.6 Å². The van der Waals surface area contributed by atoms with Gasteiger partial charge in [0.25, 0.3) is 0 Å². The number of hydrogen-bond acceptors (Lipinski definition) is 2. The van der Waals surface area contributed by atoms with Crippen molar-refractivity contribution in [2.24, 2.45) is 0 Å². The Morgan fingerprint density at radius 2 is 1.89 bits per heavy atom. The minimum atomic E-state index is 0.253. The van der Waals surface area contributed by atoms with Gasteiger partial charge in [0.2, 0.25) is 5.28 Å². The maximum atomic E-state index is 5.97. The normalized spacial score (nSPS) is 12.8. The zero-order chi connectivity index (χ0) is 13.0. The Balaban J connectivity index is 2.87. The maximum absolute atomic E-state index is 5.97. The molecule has 0 saturated carbocycles. The third kappa shape index (κ3) is 2.49. The average molecular weight is 257 g/mol. The molecule has 0 unspecified atom stereocenters.